The van der Waals surface area contributed by atoms with Gasteiger partial charge in [-0.3, -0.25) is 4.79 Å². The third kappa shape index (κ3) is 7.13. The number of carbonyl (C=O) groups is 2. The summed E-state index contributed by atoms with van der Waals surface area (Å²) in [5, 5.41) is 2.69. The predicted octanol–water partition coefficient (Wildman–Crippen LogP) is 4.90. The molecule has 0 atom stereocenters. The molecule has 1 amide bonds. The molecule has 3 aromatic carbocycles. The van der Waals surface area contributed by atoms with Gasteiger partial charge in [-0.2, -0.15) is 4.31 Å². The Labute approximate surface area is 229 Å². The predicted molar refractivity (Wildman–Crippen MR) is 151 cm³/mol. The Balaban J connectivity index is 1.48. The number of nitrogens with zero attached hydrogens (tertiary/aromatic N) is 1. The molecule has 1 heterocycles. The van der Waals surface area contributed by atoms with Crippen molar-refractivity contribution in [2.24, 2.45) is 0 Å². The lowest BCUT2D eigenvalue weighted by molar-refractivity contribution is -0.141. The molecular formula is C30H32N2O6S. The zero-order valence-corrected chi connectivity index (χ0v) is 22.9. The van der Waals surface area contributed by atoms with Gasteiger partial charge in [-0.05, 0) is 66.8 Å². The van der Waals surface area contributed by atoms with E-state index in [0.717, 1.165) is 24.8 Å². The maximum absolute atomic E-state index is 13.1. The van der Waals surface area contributed by atoms with Crippen LogP contribution in [0.3, 0.4) is 0 Å². The fourth-order valence-corrected chi connectivity index (χ4v) is 5.87. The van der Waals surface area contributed by atoms with Gasteiger partial charge in [0.15, 0.2) is 6.61 Å². The molecule has 39 heavy (non-hydrogen) atoms. The summed E-state index contributed by atoms with van der Waals surface area (Å²) in [5.74, 6) is -0.603. The molecule has 0 bridgehead atoms. The minimum atomic E-state index is -3.66. The second kappa shape index (κ2) is 12.7. The van der Waals surface area contributed by atoms with Crippen molar-refractivity contribution in [2.75, 3.05) is 32.1 Å². The van der Waals surface area contributed by atoms with Gasteiger partial charge in [0, 0.05) is 18.8 Å². The second-order valence-electron chi connectivity index (χ2n) is 9.27. The molecule has 1 fully saturated rings. The average Bonchev–Trinajstić information content (AvgIpc) is 2.96. The zero-order valence-electron chi connectivity index (χ0n) is 22.1. The normalized spacial score (nSPS) is 14.5. The van der Waals surface area contributed by atoms with Gasteiger partial charge in [-0.1, -0.05) is 55.0 Å². The van der Waals surface area contributed by atoms with Gasteiger partial charge in [0.05, 0.1) is 17.6 Å². The first kappa shape index (κ1) is 28.1. The SMILES string of the molecule is COc1cccc(C=C(C(=O)OCC(=O)Nc2cc(S(=O)(=O)N3CCCCC3)ccc2C)c2ccccc2)c1. The highest BCUT2D eigenvalue weighted by Crippen LogP contribution is 2.26. The minimum absolute atomic E-state index is 0.120. The molecule has 9 heteroatoms. The Bertz CT molecular complexity index is 1460. The molecule has 0 spiro atoms. The number of benzene rings is 3. The highest BCUT2D eigenvalue weighted by molar-refractivity contribution is 7.89. The summed E-state index contributed by atoms with van der Waals surface area (Å²) in [7, 11) is -2.10. The van der Waals surface area contributed by atoms with Crippen molar-refractivity contribution < 1.29 is 27.5 Å². The first-order chi connectivity index (χ1) is 18.8. The summed E-state index contributed by atoms with van der Waals surface area (Å²) in [5.41, 5.74) is 2.69. The number of carbonyl (C=O) groups excluding carboxylic acids is 2. The summed E-state index contributed by atoms with van der Waals surface area (Å²) in [4.78, 5) is 26.0. The molecule has 0 radical (unpaired) electrons. The second-order valence-corrected chi connectivity index (χ2v) is 11.2. The summed E-state index contributed by atoms with van der Waals surface area (Å²) in [6.45, 7) is 2.20. The molecule has 0 aliphatic carbocycles. The van der Waals surface area contributed by atoms with Crippen molar-refractivity contribution in [3.63, 3.8) is 0 Å². The van der Waals surface area contributed by atoms with Gasteiger partial charge in [0.1, 0.15) is 5.75 Å². The lowest BCUT2D eigenvalue weighted by Gasteiger charge is -2.26. The van der Waals surface area contributed by atoms with Crippen LogP contribution in [0, 0.1) is 6.92 Å². The molecular weight excluding hydrogens is 516 g/mol. The molecule has 204 valence electrons. The van der Waals surface area contributed by atoms with Crippen molar-refractivity contribution in [1.29, 1.82) is 0 Å². The highest BCUT2D eigenvalue weighted by Gasteiger charge is 2.26. The van der Waals surface area contributed by atoms with Crippen LogP contribution < -0.4 is 10.1 Å². The van der Waals surface area contributed by atoms with Crippen LogP contribution in [-0.2, 0) is 24.3 Å². The van der Waals surface area contributed by atoms with Crippen LogP contribution in [0.5, 0.6) is 5.75 Å². The summed E-state index contributed by atoms with van der Waals surface area (Å²) in [6, 6.07) is 20.9. The van der Waals surface area contributed by atoms with Gasteiger partial charge >= 0.3 is 5.97 Å². The fraction of sp³-hybridized carbons (Fsp3) is 0.267. The van der Waals surface area contributed by atoms with E-state index in [1.807, 2.05) is 30.3 Å². The molecule has 1 N–H and O–H groups in total. The molecule has 3 aromatic rings. The van der Waals surface area contributed by atoms with E-state index in [0.29, 0.717) is 35.7 Å². The van der Waals surface area contributed by atoms with Crippen LogP contribution in [-0.4, -0.2) is 51.4 Å². The van der Waals surface area contributed by atoms with Crippen LogP contribution in [0.1, 0.15) is 36.0 Å². The van der Waals surface area contributed by atoms with Crippen molar-refractivity contribution >= 4 is 39.2 Å². The number of anilines is 1. The molecule has 4 rings (SSSR count). The smallest absolute Gasteiger partial charge is 0.339 e. The monoisotopic (exact) mass is 548 g/mol. The van der Waals surface area contributed by atoms with Gasteiger partial charge in [-0.25, -0.2) is 13.2 Å². The van der Waals surface area contributed by atoms with Crippen molar-refractivity contribution in [3.05, 3.63) is 89.5 Å². The summed E-state index contributed by atoms with van der Waals surface area (Å²) < 4.78 is 38.3. The number of sulfonamides is 1. The molecule has 1 aliphatic rings. The number of hydrogen-bond acceptors (Lipinski definition) is 6. The van der Waals surface area contributed by atoms with Crippen LogP contribution in [0.4, 0.5) is 5.69 Å². The Kier molecular flexibility index (Phi) is 9.16. The molecule has 0 unspecified atom stereocenters. The van der Waals surface area contributed by atoms with Gasteiger partial charge < -0.3 is 14.8 Å². The standard InChI is InChI=1S/C30H32N2O6S/c1-22-14-15-26(39(35,36)32-16-7-4-8-17-32)20-28(22)31-29(33)21-38-30(34)27(24-11-5-3-6-12-24)19-23-10-9-13-25(18-23)37-2/h3,5-6,9-15,18-20H,4,7-8,16-17,21H2,1-2H3,(H,31,33). The number of esters is 1. The fourth-order valence-electron chi connectivity index (χ4n) is 4.32. The number of rotatable bonds is 9. The van der Waals surface area contributed by atoms with Crippen molar-refractivity contribution in [1.82, 2.24) is 4.31 Å². The van der Waals surface area contributed by atoms with E-state index in [1.54, 1.807) is 56.5 Å². The Morgan fingerprint density at radius 3 is 2.41 bits per heavy atom. The molecule has 0 aromatic heterocycles. The molecule has 1 saturated heterocycles. The topological polar surface area (TPSA) is 102 Å². The summed E-state index contributed by atoms with van der Waals surface area (Å²) >= 11 is 0. The Morgan fingerprint density at radius 1 is 0.949 bits per heavy atom. The maximum atomic E-state index is 13.1. The Hall–Kier alpha value is -3.95. The quantitative estimate of drug-likeness (QED) is 0.232. The van der Waals surface area contributed by atoms with Gasteiger partial charge in [0.2, 0.25) is 10.0 Å². The van der Waals surface area contributed by atoms with E-state index >= 15 is 0 Å². The number of amides is 1. The van der Waals surface area contributed by atoms with Crippen molar-refractivity contribution in [2.45, 2.75) is 31.1 Å². The minimum Gasteiger partial charge on any atom is -0.497 e. The number of nitrogens with one attached hydrogen (secondary N) is 1. The van der Waals surface area contributed by atoms with Gasteiger partial charge in [-0.15, -0.1) is 0 Å². The summed E-state index contributed by atoms with van der Waals surface area (Å²) in [6.07, 6.45) is 4.35. The van der Waals surface area contributed by atoms with E-state index < -0.39 is 28.5 Å². The highest BCUT2D eigenvalue weighted by atomic mass is 32.2. The van der Waals surface area contributed by atoms with Gasteiger partial charge in [0.25, 0.3) is 5.91 Å². The van der Waals surface area contributed by atoms with E-state index in [9.17, 15) is 18.0 Å². The first-order valence-corrected chi connectivity index (χ1v) is 14.2. The van der Waals surface area contributed by atoms with E-state index in [4.69, 9.17) is 9.47 Å². The maximum Gasteiger partial charge on any atom is 0.339 e. The van der Waals surface area contributed by atoms with Crippen LogP contribution in [0.2, 0.25) is 0 Å². The zero-order chi connectivity index (χ0) is 27.8. The third-order valence-corrected chi connectivity index (χ3v) is 8.37. The van der Waals surface area contributed by atoms with E-state index in [-0.39, 0.29) is 10.5 Å². The number of methoxy groups -OCH3 is 1. The van der Waals surface area contributed by atoms with Crippen molar-refractivity contribution in [3.8, 4) is 5.75 Å². The number of piperidine rings is 1. The number of ether oxygens (including phenoxy) is 2. The largest absolute Gasteiger partial charge is 0.497 e. The number of hydrogen-bond donors (Lipinski definition) is 1. The third-order valence-electron chi connectivity index (χ3n) is 6.48. The number of aryl methyl sites for hydroxylation is 1. The lowest BCUT2D eigenvalue weighted by atomic mass is 10.0. The lowest BCUT2D eigenvalue weighted by Crippen LogP contribution is -2.35. The van der Waals surface area contributed by atoms with Crippen LogP contribution >= 0.6 is 0 Å². The molecule has 0 saturated carbocycles. The van der Waals surface area contributed by atoms with Crippen LogP contribution in [0.25, 0.3) is 11.6 Å². The van der Waals surface area contributed by atoms with E-state index in [1.165, 1.54) is 10.4 Å². The Morgan fingerprint density at radius 2 is 1.69 bits per heavy atom. The van der Waals surface area contributed by atoms with E-state index in [2.05, 4.69) is 5.32 Å². The molecule has 1 aliphatic heterocycles. The average molecular weight is 549 g/mol. The molecule has 8 nitrogen and oxygen atoms in total. The van der Waals surface area contributed by atoms with Crippen LogP contribution in [0.15, 0.2) is 77.7 Å². The first-order valence-electron chi connectivity index (χ1n) is 12.8.